The lowest BCUT2D eigenvalue weighted by Crippen LogP contribution is -2.40. The molecule has 156 valence electrons. The van der Waals surface area contributed by atoms with Gasteiger partial charge in [-0.3, -0.25) is 10.1 Å². The Morgan fingerprint density at radius 1 is 1.34 bits per heavy atom. The van der Waals surface area contributed by atoms with Gasteiger partial charge >= 0.3 is 11.9 Å². The maximum absolute atomic E-state index is 13.0. The normalized spacial score (nSPS) is 17.3. The summed E-state index contributed by atoms with van der Waals surface area (Å²) in [5, 5.41) is 14.4. The monoisotopic (exact) mass is 429 g/mol. The van der Waals surface area contributed by atoms with E-state index in [1.165, 1.54) is 0 Å². The Labute approximate surface area is 170 Å². The SMILES string of the molecule is CCC1CCCCN1c1ncnc(Nc2cc(C(F)(F)F)ccc2Cl)c1[N+](=O)[O-]. The van der Waals surface area contributed by atoms with E-state index in [4.69, 9.17) is 11.6 Å². The van der Waals surface area contributed by atoms with Gasteiger partial charge in [-0.05, 0) is 43.9 Å². The summed E-state index contributed by atoms with van der Waals surface area (Å²) in [5.41, 5.74) is -1.44. The lowest BCUT2D eigenvalue weighted by molar-refractivity contribution is -0.383. The van der Waals surface area contributed by atoms with Crippen LogP contribution in [-0.4, -0.2) is 27.5 Å². The van der Waals surface area contributed by atoms with Gasteiger partial charge in [-0.15, -0.1) is 0 Å². The molecule has 1 saturated heterocycles. The third kappa shape index (κ3) is 4.52. The van der Waals surface area contributed by atoms with E-state index in [0.29, 0.717) is 6.54 Å². The number of hydrogen-bond donors (Lipinski definition) is 1. The number of aromatic nitrogens is 2. The Balaban J connectivity index is 2.04. The lowest BCUT2D eigenvalue weighted by Gasteiger charge is -2.35. The maximum Gasteiger partial charge on any atom is 0.416 e. The minimum absolute atomic E-state index is 0.0168. The fourth-order valence-electron chi connectivity index (χ4n) is 3.47. The summed E-state index contributed by atoms with van der Waals surface area (Å²) in [6.45, 7) is 2.61. The second-order valence-corrected chi connectivity index (χ2v) is 7.13. The standard InChI is InChI=1S/C18H19ClF3N5O2/c1-2-12-5-3-4-8-26(12)17-15(27(28)29)16(23-10-24-17)25-14-9-11(18(20,21)22)6-7-13(14)19/h6-7,9-10,12H,2-5,8H2,1H3,(H,23,24,25). The Hall–Kier alpha value is -2.62. The van der Waals surface area contributed by atoms with Crippen molar-refractivity contribution in [1.29, 1.82) is 0 Å². The summed E-state index contributed by atoms with van der Waals surface area (Å²) in [4.78, 5) is 21.1. The number of piperidine rings is 1. The van der Waals surface area contributed by atoms with Crippen LogP contribution in [0, 0.1) is 10.1 Å². The molecule has 2 aromatic rings. The molecule has 0 amide bonds. The van der Waals surface area contributed by atoms with Gasteiger partial charge in [-0.25, -0.2) is 9.97 Å². The minimum Gasteiger partial charge on any atom is -0.348 e. The molecule has 1 aromatic heterocycles. The number of alkyl halides is 3. The predicted molar refractivity (Wildman–Crippen MR) is 104 cm³/mol. The van der Waals surface area contributed by atoms with E-state index in [0.717, 1.165) is 50.2 Å². The van der Waals surface area contributed by atoms with E-state index in [-0.39, 0.29) is 34.1 Å². The number of nitrogens with zero attached hydrogens (tertiary/aromatic N) is 4. The molecular formula is C18H19ClF3N5O2. The Kier molecular flexibility index (Phi) is 6.11. The van der Waals surface area contributed by atoms with Crippen molar-refractivity contribution < 1.29 is 18.1 Å². The molecule has 1 aliphatic rings. The highest BCUT2D eigenvalue weighted by molar-refractivity contribution is 6.33. The number of nitrogens with one attached hydrogen (secondary N) is 1. The highest BCUT2D eigenvalue weighted by Crippen LogP contribution is 2.39. The van der Waals surface area contributed by atoms with Gasteiger partial charge in [0.15, 0.2) is 0 Å². The molecule has 0 radical (unpaired) electrons. The zero-order valence-electron chi connectivity index (χ0n) is 15.5. The number of nitro groups is 1. The van der Waals surface area contributed by atoms with Crippen LogP contribution in [0.25, 0.3) is 0 Å². The summed E-state index contributed by atoms with van der Waals surface area (Å²) < 4.78 is 39.1. The van der Waals surface area contributed by atoms with Crippen molar-refractivity contribution in [2.75, 3.05) is 16.8 Å². The molecule has 3 rings (SSSR count). The molecule has 2 heterocycles. The van der Waals surface area contributed by atoms with Crippen LogP contribution < -0.4 is 10.2 Å². The molecule has 0 bridgehead atoms. The molecule has 1 unspecified atom stereocenters. The highest BCUT2D eigenvalue weighted by atomic mass is 35.5. The summed E-state index contributed by atoms with van der Waals surface area (Å²) >= 11 is 6.01. The van der Waals surface area contributed by atoms with Gasteiger partial charge in [-0.1, -0.05) is 18.5 Å². The number of benzene rings is 1. The van der Waals surface area contributed by atoms with Gasteiger partial charge < -0.3 is 10.2 Å². The van der Waals surface area contributed by atoms with Crippen LogP contribution in [0.2, 0.25) is 5.02 Å². The van der Waals surface area contributed by atoms with Gasteiger partial charge in [0.05, 0.1) is 21.2 Å². The first kappa shape index (κ1) is 21.1. The number of halogens is 4. The van der Waals surface area contributed by atoms with E-state index < -0.39 is 16.7 Å². The topological polar surface area (TPSA) is 84.2 Å². The average molecular weight is 430 g/mol. The number of rotatable bonds is 5. The van der Waals surface area contributed by atoms with Crippen molar-refractivity contribution in [2.24, 2.45) is 0 Å². The summed E-state index contributed by atoms with van der Waals surface area (Å²) in [5.74, 6) is -0.0520. The van der Waals surface area contributed by atoms with Gasteiger partial charge in [0, 0.05) is 12.6 Å². The van der Waals surface area contributed by atoms with Crippen LogP contribution >= 0.6 is 11.6 Å². The van der Waals surface area contributed by atoms with Crippen molar-refractivity contribution in [3.05, 3.63) is 45.2 Å². The summed E-state index contributed by atoms with van der Waals surface area (Å²) in [7, 11) is 0. The van der Waals surface area contributed by atoms with Crippen LogP contribution in [0.1, 0.15) is 38.2 Å². The van der Waals surface area contributed by atoms with E-state index in [2.05, 4.69) is 15.3 Å². The van der Waals surface area contributed by atoms with E-state index >= 15 is 0 Å². The first-order valence-electron chi connectivity index (χ1n) is 9.12. The van der Waals surface area contributed by atoms with Gasteiger partial charge in [-0.2, -0.15) is 13.2 Å². The first-order valence-corrected chi connectivity index (χ1v) is 9.50. The largest absolute Gasteiger partial charge is 0.416 e. The minimum atomic E-state index is -4.58. The maximum atomic E-state index is 13.0. The number of hydrogen-bond acceptors (Lipinski definition) is 6. The van der Waals surface area contributed by atoms with Crippen molar-refractivity contribution in [3.8, 4) is 0 Å². The molecule has 1 aromatic carbocycles. The van der Waals surface area contributed by atoms with Crippen LogP contribution in [0.3, 0.4) is 0 Å². The molecule has 0 spiro atoms. The van der Waals surface area contributed by atoms with E-state index in [1.807, 2.05) is 11.8 Å². The van der Waals surface area contributed by atoms with Crippen molar-refractivity contribution in [2.45, 2.75) is 44.8 Å². The van der Waals surface area contributed by atoms with Crippen molar-refractivity contribution in [1.82, 2.24) is 9.97 Å². The Morgan fingerprint density at radius 3 is 2.76 bits per heavy atom. The molecule has 1 fully saturated rings. The molecule has 0 saturated carbocycles. The Morgan fingerprint density at radius 2 is 2.10 bits per heavy atom. The van der Waals surface area contributed by atoms with Gasteiger partial charge in [0.2, 0.25) is 11.6 Å². The highest BCUT2D eigenvalue weighted by Gasteiger charge is 2.33. The first-order chi connectivity index (χ1) is 13.7. The molecule has 1 aliphatic heterocycles. The van der Waals surface area contributed by atoms with Gasteiger partial charge in [0.1, 0.15) is 6.33 Å². The molecular weight excluding hydrogens is 411 g/mol. The number of anilines is 3. The van der Waals surface area contributed by atoms with Crippen LogP contribution in [0.5, 0.6) is 0 Å². The molecule has 1 atom stereocenters. The van der Waals surface area contributed by atoms with Crippen molar-refractivity contribution in [3.63, 3.8) is 0 Å². The van der Waals surface area contributed by atoms with E-state index in [1.54, 1.807) is 0 Å². The molecule has 1 N–H and O–H groups in total. The summed E-state index contributed by atoms with van der Waals surface area (Å²) in [6.07, 6.45) is 0.168. The molecule has 29 heavy (non-hydrogen) atoms. The summed E-state index contributed by atoms with van der Waals surface area (Å²) in [6, 6.07) is 2.82. The fourth-order valence-corrected chi connectivity index (χ4v) is 3.63. The lowest BCUT2D eigenvalue weighted by atomic mass is 10.00. The fraction of sp³-hybridized carbons (Fsp3) is 0.444. The third-order valence-electron chi connectivity index (χ3n) is 4.90. The van der Waals surface area contributed by atoms with Crippen LogP contribution in [0.4, 0.5) is 36.2 Å². The second-order valence-electron chi connectivity index (χ2n) is 6.72. The zero-order chi connectivity index (χ0) is 21.2. The average Bonchev–Trinajstić information content (AvgIpc) is 2.68. The van der Waals surface area contributed by atoms with Gasteiger partial charge in [0.25, 0.3) is 0 Å². The van der Waals surface area contributed by atoms with Crippen molar-refractivity contribution >= 4 is 34.6 Å². The van der Waals surface area contributed by atoms with E-state index in [9.17, 15) is 23.3 Å². The predicted octanol–water partition coefficient (Wildman–Crippen LogP) is 5.57. The second kappa shape index (κ2) is 8.40. The molecule has 7 nitrogen and oxygen atoms in total. The molecule has 0 aliphatic carbocycles. The zero-order valence-corrected chi connectivity index (χ0v) is 16.3. The quantitative estimate of drug-likeness (QED) is 0.494. The van der Waals surface area contributed by atoms with Crippen LogP contribution in [0.15, 0.2) is 24.5 Å². The molecule has 11 heteroatoms. The smallest absolute Gasteiger partial charge is 0.348 e. The third-order valence-corrected chi connectivity index (χ3v) is 5.23. The van der Waals surface area contributed by atoms with Crippen LogP contribution in [-0.2, 0) is 6.18 Å². The Bertz CT molecular complexity index is 910.